The number of benzene rings is 2. The van der Waals surface area contributed by atoms with Gasteiger partial charge in [-0.25, -0.2) is 4.79 Å². The highest BCUT2D eigenvalue weighted by Crippen LogP contribution is 2.31. The first-order chi connectivity index (χ1) is 13.0. The van der Waals surface area contributed by atoms with Crippen molar-refractivity contribution in [3.63, 3.8) is 0 Å². The fourth-order valence-electron chi connectivity index (χ4n) is 3.97. The highest BCUT2D eigenvalue weighted by molar-refractivity contribution is 5.90. The van der Waals surface area contributed by atoms with Gasteiger partial charge in [0.2, 0.25) is 0 Å². The summed E-state index contributed by atoms with van der Waals surface area (Å²) in [6, 6.07) is 17.9. The quantitative estimate of drug-likeness (QED) is 0.850. The Balaban J connectivity index is 1.70. The number of likely N-dealkylation sites (tertiary alicyclic amines) is 1. The first-order valence-electron chi connectivity index (χ1n) is 9.48. The number of nitrogens with one attached hydrogen (secondary N) is 1. The largest absolute Gasteiger partial charge is 0.396 e. The summed E-state index contributed by atoms with van der Waals surface area (Å²) in [7, 11) is 4.01. The number of carbonyl (C=O) groups excluding carboxylic acids is 1. The van der Waals surface area contributed by atoms with Crippen molar-refractivity contribution >= 4 is 11.7 Å². The number of piperidine rings is 1. The maximum absolute atomic E-state index is 12.8. The van der Waals surface area contributed by atoms with E-state index >= 15 is 0 Å². The molecule has 2 aromatic rings. The van der Waals surface area contributed by atoms with Crippen LogP contribution < -0.4 is 5.32 Å². The smallest absolute Gasteiger partial charge is 0.321 e. The molecule has 0 radical (unpaired) electrons. The van der Waals surface area contributed by atoms with E-state index in [0.717, 1.165) is 42.7 Å². The van der Waals surface area contributed by atoms with Gasteiger partial charge in [-0.1, -0.05) is 42.5 Å². The van der Waals surface area contributed by atoms with Gasteiger partial charge < -0.3 is 20.2 Å². The molecule has 1 atom stereocenters. The topological polar surface area (TPSA) is 55.8 Å². The SMILES string of the molecule is CN(C)C[C@]1(CO)CCCN(C(=O)Nc2cccc(-c3ccccc3)c2)C1. The summed E-state index contributed by atoms with van der Waals surface area (Å²) in [5, 5.41) is 13.0. The number of amides is 2. The van der Waals surface area contributed by atoms with Crippen molar-refractivity contribution in [2.24, 2.45) is 5.41 Å². The number of carbonyl (C=O) groups is 1. The van der Waals surface area contributed by atoms with Gasteiger partial charge in [0.25, 0.3) is 0 Å². The van der Waals surface area contributed by atoms with Crippen molar-refractivity contribution in [1.82, 2.24) is 9.80 Å². The summed E-state index contributed by atoms with van der Waals surface area (Å²) in [5.41, 5.74) is 2.74. The number of aliphatic hydroxyl groups is 1. The minimum atomic E-state index is -0.245. The predicted octanol–water partition coefficient (Wildman–Crippen LogP) is 3.52. The molecule has 1 aliphatic heterocycles. The summed E-state index contributed by atoms with van der Waals surface area (Å²) in [5.74, 6) is 0. The number of aliphatic hydroxyl groups excluding tert-OH is 1. The van der Waals surface area contributed by atoms with Crippen molar-refractivity contribution in [2.45, 2.75) is 12.8 Å². The monoisotopic (exact) mass is 367 g/mol. The van der Waals surface area contributed by atoms with E-state index in [1.807, 2.05) is 61.5 Å². The third-order valence-electron chi connectivity index (χ3n) is 5.16. The molecule has 0 aromatic heterocycles. The average Bonchev–Trinajstić information content (AvgIpc) is 2.68. The Morgan fingerprint density at radius 2 is 1.89 bits per heavy atom. The van der Waals surface area contributed by atoms with Crippen LogP contribution in [0, 0.1) is 5.41 Å². The van der Waals surface area contributed by atoms with Crippen molar-refractivity contribution in [3.05, 3.63) is 54.6 Å². The second kappa shape index (κ2) is 8.55. The Morgan fingerprint density at radius 3 is 2.59 bits per heavy atom. The second-order valence-electron chi connectivity index (χ2n) is 7.80. The average molecular weight is 367 g/mol. The number of rotatable bonds is 5. The van der Waals surface area contributed by atoms with E-state index in [9.17, 15) is 9.90 Å². The third kappa shape index (κ3) is 4.87. The minimum Gasteiger partial charge on any atom is -0.396 e. The first-order valence-corrected chi connectivity index (χ1v) is 9.48. The summed E-state index contributed by atoms with van der Waals surface area (Å²) in [4.78, 5) is 16.7. The van der Waals surface area contributed by atoms with Gasteiger partial charge in [-0.3, -0.25) is 0 Å². The van der Waals surface area contributed by atoms with Crippen LogP contribution in [0.3, 0.4) is 0 Å². The molecule has 0 unspecified atom stereocenters. The van der Waals surface area contributed by atoms with Crippen LogP contribution >= 0.6 is 0 Å². The molecule has 1 aliphatic rings. The van der Waals surface area contributed by atoms with Gasteiger partial charge in [-0.05, 0) is 50.2 Å². The van der Waals surface area contributed by atoms with Gasteiger partial charge in [0, 0.05) is 30.7 Å². The number of anilines is 1. The van der Waals surface area contributed by atoms with Crippen LogP contribution in [-0.4, -0.2) is 61.3 Å². The van der Waals surface area contributed by atoms with Crippen LogP contribution in [0.1, 0.15) is 12.8 Å². The van der Waals surface area contributed by atoms with Gasteiger partial charge in [0.05, 0.1) is 6.61 Å². The van der Waals surface area contributed by atoms with E-state index in [0.29, 0.717) is 6.54 Å². The van der Waals surface area contributed by atoms with Crippen molar-refractivity contribution in [3.8, 4) is 11.1 Å². The molecule has 0 spiro atoms. The molecule has 3 rings (SSSR count). The van der Waals surface area contributed by atoms with Crippen LogP contribution in [0.5, 0.6) is 0 Å². The summed E-state index contributed by atoms with van der Waals surface area (Å²) < 4.78 is 0. The fourth-order valence-corrected chi connectivity index (χ4v) is 3.97. The van der Waals surface area contributed by atoms with Gasteiger partial charge >= 0.3 is 6.03 Å². The predicted molar refractivity (Wildman–Crippen MR) is 110 cm³/mol. The highest BCUT2D eigenvalue weighted by Gasteiger charge is 2.37. The maximum Gasteiger partial charge on any atom is 0.321 e. The van der Waals surface area contributed by atoms with Gasteiger partial charge in [-0.2, -0.15) is 0 Å². The van der Waals surface area contributed by atoms with Gasteiger partial charge in [0.1, 0.15) is 0 Å². The van der Waals surface area contributed by atoms with Crippen LogP contribution in [0.25, 0.3) is 11.1 Å². The normalized spacial score (nSPS) is 19.9. The van der Waals surface area contributed by atoms with Crippen LogP contribution in [0.15, 0.2) is 54.6 Å². The van der Waals surface area contributed by atoms with E-state index < -0.39 is 0 Å². The Labute approximate surface area is 161 Å². The Bertz CT molecular complexity index is 763. The Hall–Kier alpha value is -2.37. The second-order valence-corrected chi connectivity index (χ2v) is 7.80. The van der Waals surface area contributed by atoms with Crippen molar-refractivity contribution in [1.29, 1.82) is 0 Å². The van der Waals surface area contributed by atoms with E-state index in [1.54, 1.807) is 0 Å². The standard InChI is InChI=1S/C22H29N3O2/c1-24(2)15-22(17-26)12-7-13-25(16-22)21(27)23-20-11-6-10-19(14-20)18-8-4-3-5-9-18/h3-6,8-11,14,26H,7,12-13,15-17H2,1-2H3,(H,23,27)/t22-/m1/s1. The summed E-state index contributed by atoms with van der Waals surface area (Å²) in [6.07, 6.45) is 1.85. The lowest BCUT2D eigenvalue weighted by molar-refractivity contribution is 0.0294. The number of nitrogens with zero attached hydrogens (tertiary/aromatic N) is 2. The molecule has 1 fully saturated rings. The highest BCUT2D eigenvalue weighted by atomic mass is 16.3. The zero-order chi connectivity index (χ0) is 19.3. The lowest BCUT2D eigenvalue weighted by Gasteiger charge is -2.43. The third-order valence-corrected chi connectivity index (χ3v) is 5.16. The molecule has 1 saturated heterocycles. The zero-order valence-corrected chi connectivity index (χ0v) is 16.2. The van der Waals surface area contributed by atoms with Crippen molar-refractivity contribution in [2.75, 3.05) is 45.7 Å². The molecule has 0 aliphatic carbocycles. The van der Waals surface area contributed by atoms with Crippen LogP contribution in [0.2, 0.25) is 0 Å². The van der Waals surface area contributed by atoms with Crippen LogP contribution in [0.4, 0.5) is 10.5 Å². The van der Waals surface area contributed by atoms with Gasteiger partial charge in [0.15, 0.2) is 0 Å². The Kier molecular flexibility index (Phi) is 6.14. The number of hydrogen-bond donors (Lipinski definition) is 2. The lowest BCUT2D eigenvalue weighted by atomic mass is 9.80. The molecular formula is C22H29N3O2. The molecule has 144 valence electrons. The van der Waals surface area contributed by atoms with E-state index in [4.69, 9.17) is 0 Å². The molecule has 0 saturated carbocycles. The van der Waals surface area contributed by atoms with E-state index in [1.165, 1.54) is 0 Å². The first kappa shape index (κ1) is 19.4. The summed E-state index contributed by atoms with van der Waals surface area (Å²) in [6.45, 7) is 2.17. The summed E-state index contributed by atoms with van der Waals surface area (Å²) >= 11 is 0. The van der Waals surface area contributed by atoms with E-state index in [2.05, 4.69) is 22.3 Å². The molecule has 2 aromatic carbocycles. The van der Waals surface area contributed by atoms with Crippen molar-refractivity contribution < 1.29 is 9.90 Å². The molecular weight excluding hydrogens is 338 g/mol. The molecule has 27 heavy (non-hydrogen) atoms. The fraction of sp³-hybridized carbons (Fsp3) is 0.409. The lowest BCUT2D eigenvalue weighted by Crippen LogP contribution is -2.52. The van der Waals surface area contributed by atoms with Crippen LogP contribution in [-0.2, 0) is 0 Å². The number of urea groups is 1. The molecule has 1 heterocycles. The van der Waals surface area contributed by atoms with E-state index in [-0.39, 0.29) is 18.1 Å². The maximum atomic E-state index is 12.8. The molecule has 0 bridgehead atoms. The minimum absolute atomic E-state index is 0.0957. The zero-order valence-electron chi connectivity index (χ0n) is 16.2. The number of hydrogen-bond acceptors (Lipinski definition) is 3. The Morgan fingerprint density at radius 1 is 1.15 bits per heavy atom. The molecule has 5 heteroatoms. The molecule has 2 N–H and O–H groups in total. The molecule has 2 amide bonds. The molecule has 5 nitrogen and oxygen atoms in total. The van der Waals surface area contributed by atoms with Gasteiger partial charge in [-0.15, -0.1) is 0 Å².